The van der Waals surface area contributed by atoms with Crippen LogP contribution in [0.1, 0.15) is 31.2 Å². The lowest BCUT2D eigenvalue weighted by Gasteiger charge is -2.38. The molecule has 1 aliphatic carbocycles. The molecule has 0 atom stereocenters. The molecular formula is C15H17ClFNO3. The third-order valence-electron chi connectivity index (χ3n) is 4.09. The predicted molar refractivity (Wildman–Crippen MR) is 76.4 cm³/mol. The van der Waals surface area contributed by atoms with Gasteiger partial charge in [0.1, 0.15) is 5.82 Å². The third-order valence-corrected chi connectivity index (χ3v) is 4.33. The van der Waals surface area contributed by atoms with E-state index in [0.29, 0.717) is 23.4 Å². The molecule has 114 valence electrons. The molecule has 2 rings (SSSR count). The number of carbonyl (C=O) groups excluding carboxylic acids is 1. The average molecular weight is 314 g/mol. The van der Waals surface area contributed by atoms with Crippen LogP contribution in [0.2, 0.25) is 5.02 Å². The fourth-order valence-corrected chi connectivity index (χ4v) is 2.70. The van der Waals surface area contributed by atoms with Gasteiger partial charge in [-0.15, -0.1) is 0 Å². The number of benzene rings is 1. The molecule has 1 aliphatic rings. The highest BCUT2D eigenvalue weighted by Crippen LogP contribution is 2.44. The van der Waals surface area contributed by atoms with Crippen molar-refractivity contribution >= 4 is 23.5 Å². The zero-order valence-electron chi connectivity index (χ0n) is 11.7. The highest BCUT2D eigenvalue weighted by molar-refractivity contribution is 6.30. The Hall–Kier alpha value is -1.62. The van der Waals surface area contributed by atoms with Gasteiger partial charge in [0, 0.05) is 30.6 Å². The van der Waals surface area contributed by atoms with Crippen LogP contribution in [0.4, 0.5) is 4.39 Å². The minimum atomic E-state index is -0.932. The first-order chi connectivity index (χ1) is 9.84. The smallest absolute Gasteiger partial charge is 0.310 e. The molecule has 21 heavy (non-hydrogen) atoms. The van der Waals surface area contributed by atoms with Crippen molar-refractivity contribution in [2.75, 3.05) is 7.05 Å². The van der Waals surface area contributed by atoms with E-state index in [0.717, 1.165) is 6.42 Å². The summed E-state index contributed by atoms with van der Waals surface area (Å²) in [6.45, 7) is 0.0704. The lowest BCUT2D eigenvalue weighted by molar-refractivity contribution is -0.159. The largest absolute Gasteiger partial charge is 0.481 e. The number of aliphatic carboxylic acids is 1. The molecule has 6 heteroatoms. The van der Waals surface area contributed by atoms with Gasteiger partial charge < -0.3 is 10.0 Å². The van der Waals surface area contributed by atoms with Crippen molar-refractivity contribution < 1.29 is 19.1 Å². The molecule has 0 radical (unpaired) electrons. The first kappa shape index (κ1) is 15.8. The normalized spacial score (nSPS) is 16.1. The summed E-state index contributed by atoms with van der Waals surface area (Å²) < 4.78 is 13.6. The number of hydrogen-bond donors (Lipinski definition) is 1. The van der Waals surface area contributed by atoms with Gasteiger partial charge in [0.05, 0.1) is 5.41 Å². The summed E-state index contributed by atoms with van der Waals surface area (Å²) in [6.07, 6.45) is 1.83. The van der Waals surface area contributed by atoms with Gasteiger partial charge in [-0.2, -0.15) is 0 Å². The van der Waals surface area contributed by atoms with Crippen LogP contribution in [0.25, 0.3) is 0 Å². The summed E-state index contributed by atoms with van der Waals surface area (Å²) in [5.41, 5.74) is -0.616. The van der Waals surface area contributed by atoms with E-state index in [-0.39, 0.29) is 18.9 Å². The van der Waals surface area contributed by atoms with E-state index in [4.69, 9.17) is 11.6 Å². The highest BCUT2D eigenvalue weighted by Gasteiger charge is 2.46. The number of rotatable bonds is 5. The summed E-state index contributed by atoms with van der Waals surface area (Å²) >= 11 is 5.81. The topological polar surface area (TPSA) is 57.6 Å². The van der Waals surface area contributed by atoms with Crippen molar-refractivity contribution in [1.29, 1.82) is 0 Å². The molecule has 1 aromatic rings. The second-order valence-electron chi connectivity index (χ2n) is 5.60. The van der Waals surface area contributed by atoms with E-state index < -0.39 is 17.2 Å². The average Bonchev–Trinajstić information content (AvgIpc) is 2.37. The fraction of sp³-hybridized carbons (Fsp3) is 0.467. The number of nitrogens with zero attached hydrogens (tertiary/aromatic N) is 1. The van der Waals surface area contributed by atoms with Gasteiger partial charge in [0.15, 0.2) is 0 Å². The second kappa shape index (κ2) is 6.02. The summed E-state index contributed by atoms with van der Waals surface area (Å²) in [5.74, 6) is -1.66. The van der Waals surface area contributed by atoms with Crippen LogP contribution < -0.4 is 0 Å². The number of hydrogen-bond acceptors (Lipinski definition) is 2. The van der Waals surface area contributed by atoms with Crippen LogP contribution in [0.15, 0.2) is 18.2 Å². The lowest BCUT2D eigenvalue weighted by Crippen LogP contribution is -2.42. The minimum Gasteiger partial charge on any atom is -0.481 e. The Morgan fingerprint density at radius 3 is 2.62 bits per heavy atom. The molecule has 0 bridgehead atoms. The van der Waals surface area contributed by atoms with Gasteiger partial charge in [0.2, 0.25) is 5.91 Å². The van der Waals surface area contributed by atoms with E-state index in [1.54, 1.807) is 0 Å². The van der Waals surface area contributed by atoms with E-state index >= 15 is 0 Å². The predicted octanol–water partition coefficient (Wildman–Crippen LogP) is 3.08. The molecular weight excluding hydrogens is 297 g/mol. The fourth-order valence-electron chi connectivity index (χ4n) is 2.50. The Labute approximate surface area is 127 Å². The first-order valence-electron chi connectivity index (χ1n) is 6.75. The van der Waals surface area contributed by atoms with Crippen molar-refractivity contribution in [3.8, 4) is 0 Å². The summed E-state index contributed by atoms with van der Waals surface area (Å²) in [6, 6.07) is 4.16. The number of carboxylic acids is 1. The van der Waals surface area contributed by atoms with E-state index in [1.165, 1.54) is 30.1 Å². The maximum Gasteiger partial charge on any atom is 0.310 e. The van der Waals surface area contributed by atoms with Crippen LogP contribution in [-0.4, -0.2) is 28.9 Å². The monoisotopic (exact) mass is 313 g/mol. The van der Waals surface area contributed by atoms with E-state index in [1.807, 2.05) is 0 Å². The summed E-state index contributed by atoms with van der Waals surface area (Å²) in [7, 11) is 1.54. The standard InChI is InChI=1S/C15H17ClFNO3/c1-18(9-10-7-11(16)3-4-12(10)17)13(19)8-15(14(20)21)5-2-6-15/h3-4,7H,2,5-6,8-9H2,1H3,(H,20,21). The van der Waals surface area contributed by atoms with Crippen LogP contribution >= 0.6 is 11.6 Å². The molecule has 1 aromatic carbocycles. The van der Waals surface area contributed by atoms with Gasteiger partial charge >= 0.3 is 5.97 Å². The quantitative estimate of drug-likeness (QED) is 0.909. The molecule has 0 unspecified atom stereocenters. The lowest BCUT2D eigenvalue weighted by atomic mass is 9.66. The Kier molecular flexibility index (Phi) is 4.52. The zero-order valence-corrected chi connectivity index (χ0v) is 12.5. The SMILES string of the molecule is CN(Cc1cc(Cl)ccc1F)C(=O)CC1(C(=O)O)CCC1. The second-order valence-corrected chi connectivity index (χ2v) is 6.04. The van der Waals surface area contributed by atoms with Crippen molar-refractivity contribution in [2.24, 2.45) is 5.41 Å². The van der Waals surface area contributed by atoms with Crippen LogP contribution in [0.5, 0.6) is 0 Å². The molecule has 1 fully saturated rings. The van der Waals surface area contributed by atoms with Crippen LogP contribution in [-0.2, 0) is 16.1 Å². The molecule has 1 saturated carbocycles. The molecule has 4 nitrogen and oxygen atoms in total. The van der Waals surface area contributed by atoms with Crippen molar-refractivity contribution in [3.05, 3.63) is 34.6 Å². The molecule has 0 spiro atoms. The Morgan fingerprint density at radius 2 is 2.10 bits per heavy atom. The number of amides is 1. The van der Waals surface area contributed by atoms with Gasteiger partial charge in [0.25, 0.3) is 0 Å². The van der Waals surface area contributed by atoms with Crippen LogP contribution in [0, 0.1) is 11.2 Å². The summed E-state index contributed by atoms with van der Waals surface area (Å²) in [5, 5.41) is 9.63. The molecule has 1 amide bonds. The van der Waals surface area contributed by atoms with Crippen molar-refractivity contribution in [1.82, 2.24) is 4.90 Å². The highest BCUT2D eigenvalue weighted by atomic mass is 35.5. The van der Waals surface area contributed by atoms with Crippen LogP contribution in [0.3, 0.4) is 0 Å². The molecule has 0 aliphatic heterocycles. The van der Waals surface area contributed by atoms with Gasteiger partial charge in [-0.1, -0.05) is 18.0 Å². The molecule has 0 heterocycles. The van der Waals surface area contributed by atoms with Crippen molar-refractivity contribution in [3.63, 3.8) is 0 Å². The van der Waals surface area contributed by atoms with E-state index in [2.05, 4.69) is 0 Å². The molecule has 1 N–H and O–H groups in total. The van der Waals surface area contributed by atoms with Crippen molar-refractivity contribution in [2.45, 2.75) is 32.2 Å². The first-order valence-corrected chi connectivity index (χ1v) is 7.13. The molecule has 0 aromatic heterocycles. The number of carboxylic acid groups (broad SMARTS) is 1. The third kappa shape index (κ3) is 3.35. The van der Waals surface area contributed by atoms with E-state index in [9.17, 15) is 19.1 Å². The van der Waals surface area contributed by atoms with Gasteiger partial charge in [-0.25, -0.2) is 4.39 Å². The number of carbonyl (C=O) groups is 2. The van der Waals surface area contributed by atoms with Gasteiger partial charge in [-0.05, 0) is 31.0 Å². The Bertz CT molecular complexity index is 572. The summed E-state index contributed by atoms with van der Waals surface area (Å²) in [4.78, 5) is 24.8. The minimum absolute atomic E-state index is 0.0407. The van der Waals surface area contributed by atoms with Gasteiger partial charge in [-0.3, -0.25) is 9.59 Å². The maximum atomic E-state index is 13.6. The molecule has 0 saturated heterocycles. The Morgan fingerprint density at radius 1 is 1.43 bits per heavy atom. The number of halogens is 2. The maximum absolute atomic E-state index is 13.6. The Balaban J connectivity index is 2.03. The zero-order chi connectivity index (χ0) is 15.6.